The van der Waals surface area contributed by atoms with Crippen molar-refractivity contribution in [3.63, 3.8) is 0 Å². The largest absolute Gasteiger partial charge is 0.387 e. The van der Waals surface area contributed by atoms with Crippen LogP contribution in [0, 0.1) is 11.6 Å². The van der Waals surface area contributed by atoms with Gasteiger partial charge in [0.1, 0.15) is 0 Å². The number of hydrogen-bond acceptors (Lipinski definition) is 2. The van der Waals surface area contributed by atoms with Gasteiger partial charge in [0, 0.05) is 12.1 Å². The van der Waals surface area contributed by atoms with Crippen LogP contribution in [0.3, 0.4) is 0 Å². The van der Waals surface area contributed by atoms with Crippen LogP contribution in [0.1, 0.15) is 11.7 Å². The van der Waals surface area contributed by atoms with E-state index in [-0.39, 0.29) is 17.7 Å². The Labute approximate surface area is 104 Å². The number of aliphatic hydroxyl groups excluding tert-OH is 1. The fourth-order valence-electron chi connectivity index (χ4n) is 1.77. The molecule has 0 aromatic heterocycles. The fourth-order valence-corrected chi connectivity index (χ4v) is 1.77. The molecule has 2 nitrogen and oxygen atoms in total. The molecule has 2 aromatic rings. The van der Waals surface area contributed by atoms with Gasteiger partial charge in [-0.3, -0.25) is 0 Å². The molecule has 4 heteroatoms. The monoisotopic (exact) mass is 249 g/mol. The maximum atomic E-state index is 13.7. The first kappa shape index (κ1) is 12.7. The molecule has 3 N–H and O–H groups in total. The number of nitrogens with two attached hydrogens (primary N) is 1. The van der Waals surface area contributed by atoms with Gasteiger partial charge in [-0.15, -0.1) is 0 Å². The first-order valence-electron chi connectivity index (χ1n) is 5.56. The van der Waals surface area contributed by atoms with Gasteiger partial charge in [-0.1, -0.05) is 30.3 Å². The normalized spacial score (nSPS) is 12.4. The standard InChI is InChI=1S/C14H13F2NO/c15-12-7-10(13(18)8-17)6-11(14(12)16)9-4-2-1-3-5-9/h1-7,13,18H,8,17H2. The molecule has 0 spiro atoms. The van der Waals surface area contributed by atoms with E-state index in [2.05, 4.69) is 0 Å². The number of hydrogen-bond donors (Lipinski definition) is 2. The van der Waals surface area contributed by atoms with Crippen LogP contribution in [0.2, 0.25) is 0 Å². The number of benzene rings is 2. The molecule has 0 saturated heterocycles. The number of aliphatic hydroxyl groups is 1. The molecule has 0 aliphatic rings. The van der Waals surface area contributed by atoms with Crippen LogP contribution in [-0.2, 0) is 0 Å². The fraction of sp³-hybridized carbons (Fsp3) is 0.143. The third-order valence-electron chi connectivity index (χ3n) is 2.74. The smallest absolute Gasteiger partial charge is 0.166 e. The summed E-state index contributed by atoms with van der Waals surface area (Å²) in [6, 6.07) is 11.0. The first-order valence-corrected chi connectivity index (χ1v) is 5.56. The van der Waals surface area contributed by atoms with E-state index in [4.69, 9.17) is 5.73 Å². The highest BCUT2D eigenvalue weighted by Crippen LogP contribution is 2.28. The number of rotatable bonds is 3. The molecule has 0 fully saturated rings. The second-order valence-corrected chi connectivity index (χ2v) is 3.98. The third-order valence-corrected chi connectivity index (χ3v) is 2.74. The molecule has 2 aromatic carbocycles. The first-order chi connectivity index (χ1) is 8.63. The van der Waals surface area contributed by atoms with Crippen LogP contribution in [-0.4, -0.2) is 11.7 Å². The van der Waals surface area contributed by atoms with Gasteiger partial charge in [-0.25, -0.2) is 8.78 Å². The molecule has 1 atom stereocenters. The Morgan fingerprint density at radius 1 is 1.11 bits per heavy atom. The van der Waals surface area contributed by atoms with Crippen molar-refractivity contribution in [2.24, 2.45) is 5.73 Å². The van der Waals surface area contributed by atoms with E-state index in [9.17, 15) is 13.9 Å². The van der Waals surface area contributed by atoms with Crippen LogP contribution in [0.25, 0.3) is 11.1 Å². The molecule has 2 rings (SSSR count). The summed E-state index contributed by atoms with van der Waals surface area (Å²) >= 11 is 0. The van der Waals surface area contributed by atoms with E-state index < -0.39 is 17.7 Å². The quantitative estimate of drug-likeness (QED) is 0.878. The second-order valence-electron chi connectivity index (χ2n) is 3.98. The number of halogens is 2. The predicted molar refractivity (Wildman–Crippen MR) is 65.8 cm³/mol. The van der Waals surface area contributed by atoms with E-state index in [1.165, 1.54) is 6.07 Å². The summed E-state index contributed by atoms with van der Waals surface area (Å²) in [6.07, 6.45) is -0.998. The minimum absolute atomic E-state index is 0.0424. The highest BCUT2D eigenvalue weighted by atomic mass is 19.2. The Bertz CT molecular complexity index is 543. The van der Waals surface area contributed by atoms with Crippen molar-refractivity contribution in [3.8, 4) is 11.1 Å². The average Bonchev–Trinajstić information content (AvgIpc) is 2.41. The minimum atomic E-state index is -0.998. The van der Waals surface area contributed by atoms with Crippen molar-refractivity contribution in [1.82, 2.24) is 0 Å². The van der Waals surface area contributed by atoms with Crippen molar-refractivity contribution < 1.29 is 13.9 Å². The molecule has 0 amide bonds. The van der Waals surface area contributed by atoms with Crippen molar-refractivity contribution in [1.29, 1.82) is 0 Å². The lowest BCUT2D eigenvalue weighted by atomic mass is 9.99. The summed E-state index contributed by atoms with van der Waals surface area (Å²) in [7, 11) is 0. The Morgan fingerprint density at radius 2 is 1.78 bits per heavy atom. The average molecular weight is 249 g/mol. The zero-order chi connectivity index (χ0) is 13.1. The molecule has 1 unspecified atom stereocenters. The SMILES string of the molecule is NCC(O)c1cc(F)c(F)c(-c2ccccc2)c1. The lowest BCUT2D eigenvalue weighted by Gasteiger charge is -2.12. The van der Waals surface area contributed by atoms with Gasteiger partial charge in [0.25, 0.3) is 0 Å². The molecule has 0 aliphatic carbocycles. The van der Waals surface area contributed by atoms with Crippen LogP contribution in [0.5, 0.6) is 0 Å². The van der Waals surface area contributed by atoms with Crippen molar-refractivity contribution in [3.05, 3.63) is 59.7 Å². The van der Waals surface area contributed by atoms with Gasteiger partial charge in [0.05, 0.1) is 6.10 Å². The molecular formula is C14H13F2NO. The van der Waals surface area contributed by atoms with Crippen LogP contribution in [0.4, 0.5) is 8.78 Å². The molecule has 0 radical (unpaired) electrons. The highest BCUT2D eigenvalue weighted by molar-refractivity contribution is 5.65. The topological polar surface area (TPSA) is 46.2 Å². The Kier molecular flexibility index (Phi) is 3.69. The van der Waals surface area contributed by atoms with Crippen LogP contribution < -0.4 is 5.73 Å². The Hall–Kier alpha value is -1.78. The summed E-state index contributed by atoms with van der Waals surface area (Å²) in [5, 5.41) is 9.60. The molecule has 0 bridgehead atoms. The van der Waals surface area contributed by atoms with Crippen LogP contribution >= 0.6 is 0 Å². The summed E-state index contributed by atoms with van der Waals surface area (Å²) in [6.45, 7) is -0.0424. The summed E-state index contributed by atoms with van der Waals surface area (Å²) in [5.74, 6) is -1.91. The van der Waals surface area contributed by atoms with E-state index in [1.54, 1.807) is 30.3 Å². The van der Waals surface area contributed by atoms with Gasteiger partial charge < -0.3 is 10.8 Å². The summed E-state index contributed by atoms with van der Waals surface area (Å²) < 4.78 is 27.2. The minimum Gasteiger partial charge on any atom is -0.387 e. The van der Waals surface area contributed by atoms with Crippen molar-refractivity contribution >= 4 is 0 Å². The molecule has 18 heavy (non-hydrogen) atoms. The lowest BCUT2D eigenvalue weighted by molar-refractivity contribution is 0.186. The maximum Gasteiger partial charge on any atom is 0.166 e. The van der Waals surface area contributed by atoms with E-state index in [0.717, 1.165) is 6.07 Å². The van der Waals surface area contributed by atoms with Gasteiger partial charge in [-0.2, -0.15) is 0 Å². The van der Waals surface area contributed by atoms with Crippen molar-refractivity contribution in [2.75, 3.05) is 6.54 Å². The molecule has 0 saturated carbocycles. The van der Waals surface area contributed by atoms with E-state index >= 15 is 0 Å². The molecule has 94 valence electrons. The molecular weight excluding hydrogens is 236 g/mol. The summed E-state index contributed by atoms with van der Waals surface area (Å²) in [4.78, 5) is 0. The lowest BCUT2D eigenvalue weighted by Crippen LogP contribution is -2.12. The van der Waals surface area contributed by atoms with Gasteiger partial charge in [0.2, 0.25) is 0 Å². The summed E-state index contributed by atoms with van der Waals surface area (Å²) in [5.41, 5.74) is 6.27. The molecule has 0 heterocycles. The van der Waals surface area contributed by atoms with Gasteiger partial charge in [-0.05, 0) is 23.3 Å². The molecule has 0 aliphatic heterocycles. The van der Waals surface area contributed by atoms with E-state index in [0.29, 0.717) is 5.56 Å². The maximum absolute atomic E-state index is 13.7. The third kappa shape index (κ3) is 2.39. The zero-order valence-corrected chi connectivity index (χ0v) is 9.61. The zero-order valence-electron chi connectivity index (χ0n) is 9.61. The predicted octanol–water partition coefficient (Wildman–Crippen LogP) is 2.62. The Morgan fingerprint density at radius 3 is 2.39 bits per heavy atom. The Balaban J connectivity index is 2.56. The van der Waals surface area contributed by atoms with E-state index in [1.807, 2.05) is 0 Å². The van der Waals surface area contributed by atoms with Gasteiger partial charge in [0.15, 0.2) is 11.6 Å². The second kappa shape index (κ2) is 5.25. The van der Waals surface area contributed by atoms with Gasteiger partial charge >= 0.3 is 0 Å². The van der Waals surface area contributed by atoms with Crippen molar-refractivity contribution in [2.45, 2.75) is 6.10 Å². The highest BCUT2D eigenvalue weighted by Gasteiger charge is 2.15. The van der Waals surface area contributed by atoms with Crippen LogP contribution in [0.15, 0.2) is 42.5 Å².